The van der Waals surface area contributed by atoms with Crippen molar-refractivity contribution in [3.05, 3.63) is 36.4 Å². The zero-order valence-corrected chi connectivity index (χ0v) is 14.7. The minimum Gasteiger partial charge on any atom is -0.354 e. The summed E-state index contributed by atoms with van der Waals surface area (Å²) in [6.45, 7) is 9.15. The Hall–Kier alpha value is -2.77. The van der Waals surface area contributed by atoms with Gasteiger partial charge in [-0.25, -0.2) is 9.97 Å². The molecule has 3 aromatic heterocycles. The summed E-state index contributed by atoms with van der Waals surface area (Å²) in [4.78, 5) is 10.6. The molecule has 0 unspecified atom stereocenters. The summed E-state index contributed by atoms with van der Waals surface area (Å²) >= 11 is 0. The molecule has 25 heavy (non-hydrogen) atoms. The Morgan fingerprint density at radius 1 is 1.12 bits per heavy atom. The third kappa shape index (κ3) is 3.11. The lowest BCUT2D eigenvalue weighted by molar-refractivity contribution is 0.423. The Bertz CT molecular complexity index is 861. The monoisotopic (exact) mass is 338 g/mol. The molecular formula is C17H22N8. The van der Waals surface area contributed by atoms with Gasteiger partial charge in [0.15, 0.2) is 11.5 Å². The van der Waals surface area contributed by atoms with Crippen LogP contribution in [0.25, 0.3) is 5.65 Å². The van der Waals surface area contributed by atoms with E-state index in [-0.39, 0.29) is 5.41 Å². The first-order valence-corrected chi connectivity index (χ1v) is 8.49. The summed E-state index contributed by atoms with van der Waals surface area (Å²) in [5, 5.41) is 16.5. The Morgan fingerprint density at radius 2 is 1.88 bits per heavy atom. The lowest BCUT2D eigenvalue weighted by Crippen LogP contribution is -2.50. The van der Waals surface area contributed by atoms with E-state index in [1.165, 1.54) is 0 Å². The Labute approximate surface area is 146 Å². The third-order valence-corrected chi connectivity index (χ3v) is 4.32. The van der Waals surface area contributed by atoms with Crippen molar-refractivity contribution < 1.29 is 0 Å². The van der Waals surface area contributed by atoms with E-state index in [4.69, 9.17) is 5.10 Å². The number of rotatable bonds is 4. The highest BCUT2D eigenvalue weighted by atomic mass is 15.4. The standard InChI is InChI=1S/C17H22N8/c1-17(2,3)15-22-21-13-5-6-14(23-25(13)15)24-10-12(11-24)9-20-16-18-7-4-8-19-16/h4-8,12H,9-11H2,1-3H3,(H,18,19,20). The number of nitrogens with zero attached hydrogens (tertiary/aromatic N) is 7. The Balaban J connectivity index is 1.42. The van der Waals surface area contributed by atoms with Gasteiger partial charge in [0.25, 0.3) is 0 Å². The van der Waals surface area contributed by atoms with Gasteiger partial charge in [0.1, 0.15) is 5.82 Å². The highest BCUT2D eigenvalue weighted by Gasteiger charge is 2.29. The average molecular weight is 338 g/mol. The zero-order valence-electron chi connectivity index (χ0n) is 14.7. The summed E-state index contributed by atoms with van der Waals surface area (Å²) in [5.41, 5.74) is 0.691. The Morgan fingerprint density at radius 3 is 2.60 bits per heavy atom. The molecule has 8 heteroatoms. The van der Waals surface area contributed by atoms with Gasteiger partial charge in [-0.3, -0.25) is 0 Å². The maximum absolute atomic E-state index is 4.75. The zero-order chi connectivity index (χ0) is 17.4. The van der Waals surface area contributed by atoms with E-state index in [1.807, 2.05) is 22.7 Å². The van der Waals surface area contributed by atoms with Crippen LogP contribution in [-0.4, -0.2) is 49.4 Å². The molecule has 0 spiro atoms. The predicted octanol–water partition coefficient (Wildman–Crippen LogP) is 1.76. The normalized spacial score (nSPS) is 15.4. The first-order valence-electron chi connectivity index (χ1n) is 8.49. The number of nitrogens with one attached hydrogen (secondary N) is 1. The van der Waals surface area contributed by atoms with Gasteiger partial charge >= 0.3 is 0 Å². The molecule has 1 aliphatic rings. The molecule has 4 heterocycles. The van der Waals surface area contributed by atoms with E-state index < -0.39 is 0 Å². The minimum atomic E-state index is -0.0951. The van der Waals surface area contributed by atoms with Crippen LogP contribution >= 0.6 is 0 Å². The minimum absolute atomic E-state index is 0.0951. The molecule has 0 bridgehead atoms. The quantitative estimate of drug-likeness (QED) is 0.776. The fourth-order valence-corrected chi connectivity index (χ4v) is 2.93. The molecule has 0 saturated carbocycles. The summed E-state index contributed by atoms with van der Waals surface area (Å²) in [6.07, 6.45) is 3.49. The van der Waals surface area contributed by atoms with Gasteiger partial charge in [0.2, 0.25) is 5.95 Å². The van der Waals surface area contributed by atoms with Gasteiger partial charge in [-0.15, -0.1) is 15.3 Å². The van der Waals surface area contributed by atoms with Crippen LogP contribution in [0.15, 0.2) is 30.6 Å². The van der Waals surface area contributed by atoms with Crippen LogP contribution in [0.5, 0.6) is 0 Å². The number of hydrogen-bond acceptors (Lipinski definition) is 7. The van der Waals surface area contributed by atoms with Crippen LogP contribution in [0.4, 0.5) is 11.8 Å². The van der Waals surface area contributed by atoms with Gasteiger partial charge in [-0.05, 0) is 18.2 Å². The predicted molar refractivity (Wildman–Crippen MR) is 95.7 cm³/mol. The van der Waals surface area contributed by atoms with Crippen molar-refractivity contribution in [3.8, 4) is 0 Å². The van der Waals surface area contributed by atoms with Gasteiger partial charge < -0.3 is 10.2 Å². The number of anilines is 2. The summed E-state index contributed by atoms with van der Waals surface area (Å²) in [5.74, 6) is 3.08. The first-order chi connectivity index (χ1) is 12.0. The van der Waals surface area contributed by atoms with Gasteiger partial charge in [-0.2, -0.15) is 4.52 Å². The molecule has 4 rings (SSSR count). The van der Waals surface area contributed by atoms with E-state index in [0.717, 1.165) is 36.9 Å². The van der Waals surface area contributed by atoms with Crippen molar-refractivity contribution in [2.45, 2.75) is 26.2 Å². The second-order valence-electron chi connectivity index (χ2n) is 7.46. The molecule has 1 saturated heterocycles. The van der Waals surface area contributed by atoms with Crippen molar-refractivity contribution in [1.29, 1.82) is 0 Å². The molecule has 0 atom stereocenters. The van der Waals surface area contributed by atoms with Gasteiger partial charge in [0.05, 0.1) is 0 Å². The second-order valence-corrected chi connectivity index (χ2v) is 7.46. The molecule has 3 aromatic rings. The highest BCUT2D eigenvalue weighted by molar-refractivity contribution is 5.48. The summed E-state index contributed by atoms with van der Waals surface area (Å²) in [6, 6.07) is 5.81. The third-order valence-electron chi connectivity index (χ3n) is 4.32. The molecule has 130 valence electrons. The van der Waals surface area contributed by atoms with Gasteiger partial charge in [0, 0.05) is 43.4 Å². The van der Waals surface area contributed by atoms with Crippen LogP contribution in [0.1, 0.15) is 26.6 Å². The lowest BCUT2D eigenvalue weighted by atomic mass is 9.96. The van der Waals surface area contributed by atoms with Crippen LogP contribution in [0, 0.1) is 5.92 Å². The topological polar surface area (TPSA) is 84.1 Å². The van der Waals surface area contributed by atoms with Gasteiger partial charge in [-0.1, -0.05) is 20.8 Å². The smallest absolute Gasteiger partial charge is 0.222 e. The highest BCUT2D eigenvalue weighted by Crippen LogP contribution is 2.25. The lowest BCUT2D eigenvalue weighted by Gasteiger charge is -2.40. The molecule has 0 aliphatic carbocycles. The van der Waals surface area contributed by atoms with E-state index >= 15 is 0 Å². The summed E-state index contributed by atoms with van der Waals surface area (Å²) in [7, 11) is 0. The largest absolute Gasteiger partial charge is 0.354 e. The van der Waals surface area contributed by atoms with E-state index in [9.17, 15) is 0 Å². The molecule has 0 radical (unpaired) electrons. The van der Waals surface area contributed by atoms with Crippen molar-refractivity contribution in [2.75, 3.05) is 29.9 Å². The number of fused-ring (bicyclic) bond motifs is 1. The molecule has 0 amide bonds. The fourth-order valence-electron chi connectivity index (χ4n) is 2.93. The van der Waals surface area contributed by atoms with Crippen LogP contribution in [0.3, 0.4) is 0 Å². The molecular weight excluding hydrogens is 316 g/mol. The SMILES string of the molecule is CC(C)(C)c1nnc2ccc(N3CC(CNc4ncccn4)C3)nn12. The molecule has 8 nitrogen and oxygen atoms in total. The first kappa shape index (κ1) is 15.7. The van der Waals surface area contributed by atoms with E-state index in [2.05, 4.69) is 51.2 Å². The van der Waals surface area contributed by atoms with Crippen LogP contribution < -0.4 is 10.2 Å². The van der Waals surface area contributed by atoms with Crippen molar-refractivity contribution in [3.63, 3.8) is 0 Å². The fraction of sp³-hybridized carbons (Fsp3) is 0.471. The van der Waals surface area contributed by atoms with E-state index in [1.54, 1.807) is 12.4 Å². The molecule has 1 aliphatic heterocycles. The number of hydrogen-bond donors (Lipinski definition) is 1. The van der Waals surface area contributed by atoms with E-state index in [0.29, 0.717) is 11.9 Å². The maximum atomic E-state index is 4.75. The molecule has 0 aromatic carbocycles. The Kier molecular flexibility index (Phi) is 3.74. The van der Waals surface area contributed by atoms with Crippen molar-refractivity contribution >= 4 is 17.4 Å². The second kappa shape index (κ2) is 5.94. The summed E-state index contributed by atoms with van der Waals surface area (Å²) < 4.78 is 1.86. The average Bonchev–Trinajstić information content (AvgIpc) is 2.98. The maximum Gasteiger partial charge on any atom is 0.222 e. The van der Waals surface area contributed by atoms with Crippen LogP contribution in [-0.2, 0) is 5.41 Å². The number of aromatic nitrogens is 6. The van der Waals surface area contributed by atoms with Crippen LogP contribution in [0.2, 0.25) is 0 Å². The molecule has 1 N–H and O–H groups in total. The molecule has 1 fully saturated rings. The van der Waals surface area contributed by atoms with Crippen molar-refractivity contribution in [2.24, 2.45) is 5.92 Å². The van der Waals surface area contributed by atoms with Crippen molar-refractivity contribution in [1.82, 2.24) is 29.8 Å².